The van der Waals surface area contributed by atoms with Crippen molar-refractivity contribution in [1.82, 2.24) is 14.9 Å². The number of hydrogen-bond acceptors (Lipinski definition) is 4. The number of H-pyrrole nitrogens is 1. The maximum absolute atomic E-state index is 11.4. The number of likely N-dealkylation sites (tertiary alicyclic amines) is 1. The molecule has 5 nitrogen and oxygen atoms in total. The fourth-order valence-corrected chi connectivity index (χ4v) is 2.38. The predicted molar refractivity (Wildman–Crippen MR) is 68.5 cm³/mol. The number of anilines is 1. The molecule has 0 bridgehead atoms. The first kappa shape index (κ1) is 12.1. The van der Waals surface area contributed by atoms with Gasteiger partial charge in [-0.15, -0.1) is 0 Å². The Kier molecular flexibility index (Phi) is 3.47. The maximum atomic E-state index is 11.4. The Morgan fingerprint density at radius 2 is 2.41 bits per heavy atom. The fourth-order valence-electron chi connectivity index (χ4n) is 2.38. The maximum Gasteiger partial charge on any atom is 0.252 e. The summed E-state index contributed by atoms with van der Waals surface area (Å²) in [5.41, 5.74) is -0.0841. The van der Waals surface area contributed by atoms with E-state index in [1.54, 1.807) is 13.0 Å². The van der Waals surface area contributed by atoms with E-state index in [1.165, 1.54) is 19.4 Å². The summed E-state index contributed by atoms with van der Waals surface area (Å²) in [5.74, 6) is 1.42. The molecule has 1 aromatic rings. The lowest BCUT2D eigenvalue weighted by molar-refractivity contribution is 0.314. The SMILES string of the molecule is Cc1nc(N(C)CC2CCCN2C)cc(=O)[nH]1. The Labute approximate surface area is 101 Å². The summed E-state index contributed by atoms with van der Waals surface area (Å²) in [7, 11) is 4.15. The van der Waals surface area contributed by atoms with E-state index in [1.807, 2.05) is 7.05 Å². The van der Waals surface area contributed by atoms with Gasteiger partial charge in [-0.1, -0.05) is 0 Å². The number of aryl methyl sites for hydroxylation is 1. The second kappa shape index (κ2) is 4.87. The fraction of sp³-hybridized carbons (Fsp3) is 0.667. The summed E-state index contributed by atoms with van der Waals surface area (Å²) in [6.07, 6.45) is 2.49. The Morgan fingerprint density at radius 3 is 3.00 bits per heavy atom. The van der Waals surface area contributed by atoms with Crippen LogP contribution in [-0.2, 0) is 0 Å². The summed E-state index contributed by atoms with van der Waals surface area (Å²) in [5, 5.41) is 0. The van der Waals surface area contributed by atoms with Gasteiger partial charge >= 0.3 is 0 Å². The van der Waals surface area contributed by atoms with Crippen molar-refractivity contribution in [3.05, 3.63) is 22.2 Å². The molecule has 94 valence electrons. The Balaban J connectivity index is 2.08. The highest BCUT2D eigenvalue weighted by atomic mass is 16.1. The van der Waals surface area contributed by atoms with E-state index in [9.17, 15) is 4.79 Å². The first-order valence-corrected chi connectivity index (χ1v) is 6.05. The minimum Gasteiger partial charge on any atom is -0.358 e. The number of aromatic amines is 1. The number of aromatic nitrogens is 2. The molecule has 1 fully saturated rings. The lowest BCUT2D eigenvalue weighted by Crippen LogP contribution is -2.37. The van der Waals surface area contributed by atoms with E-state index in [-0.39, 0.29) is 5.56 Å². The van der Waals surface area contributed by atoms with E-state index in [4.69, 9.17) is 0 Å². The molecule has 0 amide bonds. The number of likely N-dealkylation sites (N-methyl/N-ethyl adjacent to an activating group) is 2. The molecule has 1 aliphatic heterocycles. The molecule has 5 heteroatoms. The van der Waals surface area contributed by atoms with Gasteiger partial charge in [0.05, 0.1) is 0 Å². The van der Waals surface area contributed by atoms with Crippen LogP contribution in [0.25, 0.3) is 0 Å². The monoisotopic (exact) mass is 236 g/mol. The third-order valence-corrected chi connectivity index (χ3v) is 3.39. The van der Waals surface area contributed by atoms with Gasteiger partial charge in [-0.25, -0.2) is 4.98 Å². The summed E-state index contributed by atoms with van der Waals surface area (Å²) >= 11 is 0. The van der Waals surface area contributed by atoms with Crippen LogP contribution in [0.1, 0.15) is 18.7 Å². The minimum atomic E-state index is -0.0841. The summed E-state index contributed by atoms with van der Waals surface area (Å²) < 4.78 is 0. The van der Waals surface area contributed by atoms with Crippen LogP contribution in [-0.4, -0.2) is 48.1 Å². The molecule has 1 saturated heterocycles. The smallest absolute Gasteiger partial charge is 0.252 e. The Hall–Kier alpha value is -1.36. The first-order chi connectivity index (χ1) is 8.06. The van der Waals surface area contributed by atoms with Crippen LogP contribution in [0.2, 0.25) is 0 Å². The van der Waals surface area contributed by atoms with Crippen LogP contribution < -0.4 is 10.5 Å². The van der Waals surface area contributed by atoms with Crippen LogP contribution in [0.3, 0.4) is 0 Å². The van der Waals surface area contributed by atoms with Gasteiger partial charge in [0.1, 0.15) is 11.6 Å². The molecule has 1 N–H and O–H groups in total. The van der Waals surface area contributed by atoms with E-state index in [0.29, 0.717) is 11.9 Å². The molecule has 2 rings (SSSR count). The molecule has 0 aromatic carbocycles. The lowest BCUT2D eigenvalue weighted by atomic mass is 10.2. The van der Waals surface area contributed by atoms with Gasteiger partial charge in [0.15, 0.2) is 0 Å². The molecular weight excluding hydrogens is 216 g/mol. The predicted octanol–water partition coefficient (Wildman–Crippen LogP) is 0.609. The average molecular weight is 236 g/mol. The van der Waals surface area contributed by atoms with Crippen molar-refractivity contribution in [2.24, 2.45) is 0 Å². The van der Waals surface area contributed by atoms with Crippen molar-refractivity contribution in [3.8, 4) is 0 Å². The zero-order chi connectivity index (χ0) is 12.4. The molecule has 0 radical (unpaired) electrons. The van der Waals surface area contributed by atoms with Crippen LogP contribution in [0.4, 0.5) is 5.82 Å². The van der Waals surface area contributed by atoms with Gasteiger partial charge in [-0.2, -0.15) is 0 Å². The van der Waals surface area contributed by atoms with Gasteiger partial charge in [0.2, 0.25) is 0 Å². The molecule has 0 aliphatic carbocycles. The zero-order valence-corrected chi connectivity index (χ0v) is 10.7. The standard InChI is InChI=1S/C12H20N4O/c1-9-13-11(7-12(17)14-9)16(3)8-10-5-4-6-15(10)2/h7,10H,4-6,8H2,1-3H3,(H,13,14,17). The molecule has 0 saturated carbocycles. The van der Waals surface area contributed by atoms with E-state index in [2.05, 4.69) is 26.8 Å². The third-order valence-electron chi connectivity index (χ3n) is 3.39. The van der Waals surface area contributed by atoms with Gasteiger partial charge < -0.3 is 14.8 Å². The molecule has 1 aliphatic rings. The lowest BCUT2D eigenvalue weighted by Gasteiger charge is -2.26. The quantitative estimate of drug-likeness (QED) is 0.835. The third kappa shape index (κ3) is 2.85. The summed E-state index contributed by atoms with van der Waals surface area (Å²) in [4.78, 5) is 22.8. The van der Waals surface area contributed by atoms with Gasteiger partial charge in [-0.3, -0.25) is 4.79 Å². The second-order valence-electron chi connectivity index (χ2n) is 4.85. The van der Waals surface area contributed by atoms with Crippen molar-refractivity contribution in [1.29, 1.82) is 0 Å². The number of nitrogens with one attached hydrogen (secondary N) is 1. The van der Waals surface area contributed by atoms with Crippen molar-refractivity contribution in [3.63, 3.8) is 0 Å². The molecule has 0 spiro atoms. The number of nitrogens with zero attached hydrogens (tertiary/aromatic N) is 3. The molecule has 1 unspecified atom stereocenters. The van der Waals surface area contributed by atoms with Crippen molar-refractivity contribution in [2.75, 3.05) is 32.1 Å². The zero-order valence-electron chi connectivity index (χ0n) is 10.7. The second-order valence-corrected chi connectivity index (χ2v) is 4.85. The van der Waals surface area contributed by atoms with E-state index in [0.717, 1.165) is 12.4 Å². The van der Waals surface area contributed by atoms with E-state index >= 15 is 0 Å². The number of hydrogen-bond donors (Lipinski definition) is 1. The van der Waals surface area contributed by atoms with Gasteiger partial charge in [0, 0.05) is 25.7 Å². The number of rotatable bonds is 3. The van der Waals surface area contributed by atoms with Crippen molar-refractivity contribution in [2.45, 2.75) is 25.8 Å². The molecular formula is C12H20N4O. The average Bonchev–Trinajstić information content (AvgIpc) is 2.63. The van der Waals surface area contributed by atoms with Crippen LogP contribution >= 0.6 is 0 Å². The van der Waals surface area contributed by atoms with Gasteiger partial charge in [-0.05, 0) is 33.4 Å². The minimum absolute atomic E-state index is 0.0841. The molecule has 1 aromatic heterocycles. The normalized spacial score (nSPS) is 20.8. The highest BCUT2D eigenvalue weighted by Crippen LogP contribution is 2.17. The highest BCUT2D eigenvalue weighted by Gasteiger charge is 2.22. The first-order valence-electron chi connectivity index (χ1n) is 6.05. The highest BCUT2D eigenvalue weighted by molar-refractivity contribution is 5.36. The Bertz CT molecular complexity index is 442. The largest absolute Gasteiger partial charge is 0.358 e. The summed E-state index contributed by atoms with van der Waals surface area (Å²) in [6.45, 7) is 3.90. The van der Waals surface area contributed by atoms with Crippen LogP contribution in [0, 0.1) is 6.92 Å². The van der Waals surface area contributed by atoms with Crippen molar-refractivity contribution < 1.29 is 0 Å². The topological polar surface area (TPSA) is 52.2 Å². The Morgan fingerprint density at radius 1 is 1.65 bits per heavy atom. The van der Waals surface area contributed by atoms with Crippen molar-refractivity contribution >= 4 is 5.82 Å². The molecule has 1 atom stereocenters. The van der Waals surface area contributed by atoms with E-state index < -0.39 is 0 Å². The molecule has 17 heavy (non-hydrogen) atoms. The van der Waals surface area contributed by atoms with Crippen LogP contribution in [0.5, 0.6) is 0 Å². The van der Waals surface area contributed by atoms with Gasteiger partial charge in [0.25, 0.3) is 5.56 Å². The van der Waals surface area contributed by atoms with Crippen LogP contribution in [0.15, 0.2) is 10.9 Å². The molecule has 2 heterocycles. The summed E-state index contributed by atoms with van der Waals surface area (Å²) in [6, 6.07) is 2.13.